The van der Waals surface area contributed by atoms with E-state index >= 15 is 0 Å². The summed E-state index contributed by atoms with van der Waals surface area (Å²) in [5, 5.41) is 0. The third-order valence-electron chi connectivity index (χ3n) is 3.05. The maximum atomic E-state index is 4.53. The molecule has 3 rings (SSSR count). The number of aromatic nitrogens is 3. The predicted octanol–water partition coefficient (Wildman–Crippen LogP) is 4.00. The van der Waals surface area contributed by atoms with Gasteiger partial charge in [-0.25, -0.2) is 9.97 Å². The molecule has 0 unspecified atom stereocenters. The quantitative estimate of drug-likeness (QED) is 0.738. The minimum Gasteiger partial charge on any atom is -0.336 e. The lowest BCUT2D eigenvalue weighted by molar-refractivity contribution is 1.29. The monoisotopic (exact) mass is 301 g/mol. The van der Waals surface area contributed by atoms with E-state index in [1.165, 1.54) is 5.56 Å². The predicted molar refractivity (Wildman–Crippen MR) is 76.5 cm³/mol. The van der Waals surface area contributed by atoms with E-state index in [1.54, 1.807) is 6.20 Å². The van der Waals surface area contributed by atoms with Crippen molar-refractivity contribution in [3.8, 4) is 11.4 Å². The molecule has 1 N–H and O–H groups in total. The highest BCUT2D eigenvalue weighted by atomic mass is 79.9. The summed E-state index contributed by atoms with van der Waals surface area (Å²) in [7, 11) is 0. The average molecular weight is 302 g/mol. The Kier molecular flexibility index (Phi) is 2.67. The second kappa shape index (κ2) is 4.21. The van der Waals surface area contributed by atoms with Gasteiger partial charge >= 0.3 is 0 Å². The fraction of sp³-hybridized carbons (Fsp3) is 0.143. The molecule has 0 bridgehead atoms. The normalized spacial score (nSPS) is 11.1. The van der Waals surface area contributed by atoms with E-state index in [0.717, 1.165) is 32.6 Å². The lowest BCUT2D eigenvalue weighted by Gasteiger charge is -2.00. The molecule has 0 atom stereocenters. The summed E-state index contributed by atoms with van der Waals surface area (Å²) in [6.07, 6.45) is 1.79. The molecule has 0 amide bonds. The Balaban J connectivity index is 2.19. The van der Waals surface area contributed by atoms with Gasteiger partial charge in [0, 0.05) is 16.2 Å². The van der Waals surface area contributed by atoms with Crippen molar-refractivity contribution in [3.63, 3.8) is 0 Å². The molecule has 18 heavy (non-hydrogen) atoms. The van der Waals surface area contributed by atoms with Gasteiger partial charge in [-0.1, -0.05) is 28.1 Å². The molecule has 0 fully saturated rings. The number of nitrogens with zero attached hydrogens (tertiary/aromatic N) is 2. The van der Waals surface area contributed by atoms with Gasteiger partial charge in [0.1, 0.15) is 5.82 Å². The molecule has 3 nitrogen and oxygen atoms in total. The number of hydrogen-bond donors (Lipinski definition) is 1. The van der Waals surface area contributed by atoms with Crippen molar-refractivity contribution >= 4 is 27.1 Å². The summed E-state index contributed by atoms with van der Waals surface area (Å²) in [6.45, 7) is 4.12. The van der Waals surface area contributed by atoms with Crippen molar-refractivity contribution in [2.75, 3.05) is 0 Å². The number of pyridine rings is 1. The van der Waals surface area contributed by atoms with Gasteiger partial charge in [0.15, 0.2) is 5.65 Å². The van der Waals surface area contributed by atoms with Gasteiger partial charge in [-0.15, -0.1) is 0 Å². The molecule has 3 aromatic rings. The van der Waals surface area contributed by atoms with Crippen LogP contribution in [0, 0.1) is 13.8 Å². The highest BCUT2D eigenvalue weighted by molar-refractivity contribution is 9.10. The van der Waals surface area contributed by atoms with Crippen molar-refractivity contribution in [3.05, 3.63) is 46.1 Å². The van der Waals surface area contributed by atoms with Crippen LogP contribution in [0.5, 0.6) is 0 Å². The van der Waals surface area contributed by atoms with E-state index in [-0.39, 0.29) is 0 Å². The topological polar surface area (TPSA) is 41.6 Å². The smallest absolute Gasteiger partial charge is 0.178 e. The van der Waals surface area contributed by atoms with E-state index in [0.29, 0.717) is 0 Å². The summed E-state index contributed by atoms with van der Waals surface area (Å²) in [5.74, 6) is 0.854. The molecule has 2 heterocycles. The van der Waals surface area contributed by atoms with Gasteiger partial charge in [-0.2, -0.15) is 0 Å². The van der Waals surface area contributed by atoms with Crippen LogP contribution in [0.1, 0.15) is 11.1 Å². The number of aryl methyl sites for hydroxylation is 2. The first-order chi connectivity index (χ1) is 8.65. The van der Waals surface area contributed by atoms with Crippen LogP contribution in [-0.4, -0.2) is 15.0 Å². The number of halogens is 1. The van der Waals surface area contributed by atoms with Crippen LogP contribution in [-0.2, 0) is 0 Å². The fourth-order valence-corrected chi connectivity index (χ4v) is 2.29. The Morgan fingerprint density at radius 2 is 1.94 bits per heavy atom. The van der Waals surface area contributed by atoms with Crippen LogP contribution in [0.3, 0.4) is 0 Å². The number of fused-ring (bicyclic) bond motifs is 1. The zero-order valence-electron chi connectivity index (χ0n) is 10.2. The zero-order valence-corrected chi connectivity index (χ0v) is 11.7. The molecule has 2 aromatic heterocycles. The minimum atomic E-state index is 0.765. The number of nitrogens with one attached hydrogen (secondary N) is 1. The van der Waals surface area contributed by atoms with Crippen LogP contribution < -0.4 is 0 Å². The first-order valence-corrected chi connectivity index (χ1v) is 6.52. The first kappa shape index (κ1) is 11.4. The minimum absolute atomic E-state index is 0.765. The van der Waals surface area contributed by atoms with Crippen molar-refractivity contribution in [2.45, 2.75) is 13.8 Å². The molecule has 0 spiro atoms. The summed E-state index contributed by atoms with van der Waals surface area (Å²) < 4.78 is 1.09. The average Bonchev–Trinajstić information content (AvgIpc) is 2.78. The van der Waals surface area contributed by atoms with Crippen molar-refractivity contribution in [1.82, 2.24) is 15.0 Å². The molecular weight excluding hydrogens is 290 g/mol. The van der Waals surface area contributed by atoms with E-state index < -0.39 is 0 Å². The van der Waals surface area contributed by atoms with Gasteiger partial charge in [0.2, 0.25) is 0 Å². The third kappa shape index (κ3) is 1.82. The number of rotatable bonds is 1. The second-order valence-electron chi connectivity index (χ2n) is 4.38. The molecular formula is C14H12BrN3. The highest BCUT2D eigenvalue weighted by Gasteiger charge is 2.08. The molecule has 0 saturated carbocycles. The second-order valence-corrected chi connectivity index (χ2v) is 5.23. The van der Waals surface area contributed by atoms with Crippen molar-refractivity contribution in [2.24, 2.45) is 0 Å². The summed E-state index contributed by atoms with van der Waals surface area (Å²) in [5.41, 5.74) is 5.20. The summed E-state index contributed by atoms with van der Waals surface area (Å²) in [4.78, 5) is 12.1. The molecule has 0 aliphatic rings. The Morgan fingerprint density at radius 1 is 1.11 bits per heavy atom. The van der Waals surface area contributed by atoms with Crippen molar-refractivity contribution in [1.29, 1.82) is 0 Å². The number of aromatic amines is 1. The fourth-order valence-electron chi connectivity index (χ4n) is 1.91. The van der Waals surface area contributed by atoms with E-state index in [4.69, 9.17) is 0 Å². The maximum Gasteiger partial charge on any atom is 0.178 e. The summed E-state index contributed by atoms with van der Waals surface area (Å²) in [6, 6.07) is 8.19. The number of H-pyrrole nitrogens is 1. The van der Waals surface area contributed by atoms with E-state index in [2.05, 4.69) is 62.9 Å². The van der Waals surface area contributed by atoms with Crippen LogP contribution in [0.25, 0.3) is 22.6 Å². The maximum absolute atomic E-state index is 4.53. The molecule has 0 aliphatic heterocycles. The van der Waals surface area contributed by atoms with E-state index in [1.807, 2.05) is 6.07 Å². The Bertz CT molecular complexity index is 731. The Hall–Kier alpha value is -1.68. The largest absolute Gasteiger partial charge is 0.336 e. The van der Waals surface area contributed by atoms with E-state index in [9.17, 15) is 0 Å². The molecule has 0 aliphatic carbocycles. The van der Waals surface area contributed by atoms with Crippen LogP contribution >= 0.6 is 15.9 Å². The first-order valence-electron chi connectivity index (χ1n) is 5.73. The lowest BCUT2D eigenvalue weighted by Crippen LogP contribution is -1.82. The van der Waals surface area contributed by atoms with Crippen molar-refractivity contribution < 1.29 is 0 Å². The molecule has 4 heteroatoms. The number of imidazole rings is 1. The number of benzene rings is 1. The summed E-state index contributed by atoms with van der Waals surface area (Å²) >= 11 is 3.54. The molecule has 0 saturated heterocycles. The SMILES string of the molecule is Cc1ccc(-c2nc3nccc(C)c3[nH]2)cc1Br. The molecule has 1 aromatic carbocycles. The van der Waals surface area contributed by atoms with Gasteiger partial charge in [-0.05, 0) is 37.1 Å². The third-order valence-corrected chi connectivity index (χ3v) is 3.90. The number of hydrogen-bond acceptors (Lipinski definition) is 2. The van der Waals surface area contributed by atoms with Gasteiger partial charge in [0.05, 0.1) is 5.52 Å². The Labute approximate surface area is 113 Å². The molecule has 0 radical (unpaired) electrons. The highest BCUT2D eigenvalue weighted by Crippen LogP contribution is 2.25. The van der Waals surface area contributed by atoms with Crippen LogP contribution in [0.15, 0.2) is 34.9 Å². The van der Waals surface area contributed by atoms with Crippen LogP contribution in [0.4, 0.5) is 0 Å². The molecule has 90 valence electrons. The lowest BCUT2D eigenvalue weighted by atomic mass is 10.1. The van der Waals surface area contributed by atoms with Gasteiger partial charge < -0.3 is 4.98 Å². The van der Waals surface area contributed by atoms with Gasteiger partial charge in [0.25, 0.3) is 0 Å². The standard InChI is InChI=1S/C14H12BrN3/c1-8-3-4-10(7-11(8)15)13-17-12-9(2)5-6-16-14(12)18-13/h3-7H,1-2H3,(H,16,17,18). The van der Waals surface area contributed by atoms with Crippen LogP contribution in [0.2, 0.25) is 0 Å². The van der Waals surface area contributed by atoms with Gasteiger partial charge in [-0.3, -0.25) is 0 Å². The Morgan fingerprint density at radius 3 is 2.67 bits per heavy atom. The zero-order chi connectivity index (χ0) is 12.7.